The van der Waals surface area contributed by atoms with E-state index in [9.17, 15) is 13.2 Å². The lowest BCUT2D eigenvalue weighted by Gasteiger charge is -2.35. The third kappa shape index (κ3) is 5.01. The molecule has 2 heterocycles. The number of thioether (sulfide) groups is 1. The first-order chi connectivity index (χ1) is 14.9. The first kappa shape index (κ1) is 22.0. The van der Waals surface area contributed by atoms with Crippen molar-refractivity contribution in [2.75, 3.05) is 26.2 Å². The van der Waals surface area contributed by atoms with E-state index in [1.165, 1.54) is 27.4 Å². The monoisotopic (exact) mass is 473 g/mol. The molecule has 1 amide bonds. The zero-order valence-corrected chi connectivity index (χ0v) is 19.5. The zero-order chi connectivity index (χ0) is 21.8. The number of benzene rings is 2. The quantitative estimate of drug-likeness (QED) is 0.509. The lowest BCUT2D eigenvalue weighted by Crippen LogP contribution is -2.52. The van der Waals surface area contributed by atoms with Crippen molar-refractivity contribution >= 4 is 39.0 Å². The average Bonchev–Trinajstić information content (AvgIpc) is 3.28. The highest BCUT2D eigenvalue weighted by Gasteiger charge is 2.31. The van der Waals surface area contributed by atoms with E-state index in [-0.39, 0.29) is 16.1 Å². The fourth-order valence-electron chi connectivity index (χ4n) is 3.40. The topological polar surface area (TPSA) is 70.6 Å². The van der Waals surface area contributed by atoms with Gasteiger partial charge in [0.05, 0.1) is 15.8 Å². The molecule has 0 radical (unpaired) electrons. The van der Waals surface area contributed by atoms with Crippen LogP contribution in [0.25, 0.3) is 11.3 Å². The largest absolute Gasteiger partial charge is 0.339 e. The van der Waals surface area contributed by atoms with Crippen molar-refractivity contribution in [2.45, 2.75) is 21.4 Å². The number of carbonyl (C=O) groups is 1. The van der Waals surface area contributed by atoms with Gasteiger partial charge in [0.15, 0.2) is 4.34 Å². The van der Waals surface area contributed by atoms with E-state index >= 15 is 0 Å². The van der Waals surface area contributed by atoms with E-state index in [4.69, 9.17) is 0 Å². The molecule has 9 heteroatoms. The first-order valence-corrected chi connectivity index (χ1v) is 13.2. The minimum Gasteiger partial charge on any atom is -0.339 e. The van der Waals surface area contributed by atoms with Crippen LogP contribution in [0.15, 0.2) is 75.3 Å². The molecule has 0 N–H and O–H groups in total. The third-order valence-electron chi connectivity index (χ3n) is 5.11. The maximum absolute atomic E-state index is 12.9. The summed E-state index contributed by atoms with van der Waals surface area (Å²) >= 11 is 2.98. The fraction of sp³-hybridized carbons (Fsp3) is 0.273. The van der Waals surface area contributed by atoms with Gasteiger partial charge in [0.2, 0.25) is 15.9 Å². The average molecular weight is 474 g/mol. The van der Waals surface area contributed by atoms with Gasteiger partial charge in [-0.3, -0.25) is 4.79 Å². The highest BCUT2D eigenvalue weighted by atomic mass is 32.2. The number of amides is 1. The number of sulfonamides is 1. The van der Waals surface area contributed by atoms with Crippen LogP contribution >= 0.6 is 23.1 Å². The summed E-state index contributed by atoms with van der Waals surface area (Å²) in [7, 11) is -3.52. The minimum absolute atomic E-state index is 0.0122. The Morgan fingerprint density at radius 3 is 2.26 bits per heavy atom. The lowest BCUT2D eigenvalue weighted by atomic mass is 10.2. The molecule has 1 aliphatic rings. The summed E-state index contributed by atoms with van der Waals surface area (Å²) in [6.45, 7) is 3.26. The summed E-state index contributed by atoms with van der Waals surface area (Å²) in [5.41, 5.74) is 1.97. The third-order valence-corrected chi connectivity index (χ3v) is 9.08. The smallest absolute Gasteiger partial charge is 0.243 e. The van der Waals surface area contributed by atoms with Crippen LogP contribution in [0.4, 0.5) is 0 Å². The van der Waals surface area contributed by atoms with Crippen LogP contribution in [0, 0.1) is 0 Å². The molecule has 0 bridgehead atoms. The molecular formula is C22H23N3O3S3. The molecule has 1 saturated heterocycles. The van der Waals surface area contributed by atoms with Crippen molar-refractivity contribution in [3.8, 4) is 11.3 Å². The highest BCUT2D eigenvalue weighted by Crippen LogP contribution is 2.31. The molecule has 1 atom stereocenters. The Morgan fingerprint density at radius 2 is 1.61 bits per heavy atom. The number of aromatic nitrogens is 1. The number of rotatable bonds is 6. The van der Waals surface area contributed by atoms with Crippen LogP contribution in [0.2, 0.25) is 0 Å². The van der Waals surface area contributed by atoms with Crippen molar-refractivity contribution < 1.29 is 13.2 Å². The van der Waals surface area contributed by atoms with Gasteiger partial charge in [-0.05, 0) is 19.1 Å². The Balaban J connectivity index is 1.34. The molecule has 0 unspecified atom stereocenters. The van der Waals surface area contributed by atoms with Crippen LogP contribution in [-0.2, 0) is 14.8 Å². The number of piperazine rings is 1. The van der Waals surface area contributed by atoms with E-state index in [1.807, 2.05) is 42.6 Å². The van der Waals surface area contributed by atoms with Crippen molar-refractivity contribution in [1.29, 1.82) is 0 Å². The fourth-order valence-corrected chi connectivity index (χ4v) is 6.90. The highest BCUT2D eigenvalue weighted by molar-refractivity contribution is 8.02. The van der Waals surface area contributed by atoms with Gasteiger partial charge >= 0.3 is 0 Å². The molecule has 1 aromatic heterocycles. The Bertz CT molecular complexity index is 1130. The Kier molecular flexibility index (Phi) is 6.76. The summed E-state index contributed by atoms with van der Waals surface area (Å²) in [4.78, 5) is 19.6. The van der Waals surface area contributed by atoms with Crippen LogP contribution in [0.5, 0.6) is 0 Å². The van der Waals surface area contributed by atoms with E-state index in [0.717, 1.165) is 15.6 Å². The maximum Gasteiger partial charge on any atom is 0.243 e. The van der Waals surface area contributed by atoms with Gasteiger partial charge in [0, 0.05) is 37.1 Å². The first-order valence-electron chi connectivity index (χ1n) is 9.97. The second kappa shape index (κ2) is 9.52. The van der Waals surface area contributed by atoms with Gasteiger partial charge in [-0.15, -0.1) is 11.3 Å². The molecule has 1 fully saturated rings. The van der Waals surface area contributed by atoms with Crippen LogP contribution in [0.3, 0.4) is 0 Å². The lowest BCUT2D eigenvalue weighted by molar-refractivity contribution is -0.131. The summed E-state index contributed by atoms with van der Waals surface area (Å²) in [5, 5.41) is 1.72. The number of hydrogen-bond donors (Lipinski definition) is 0. The van der Waals surface area contributed by atoms with Gasteiger partial charge in [-0.2, -0.15) is 4.31 Å². The van der Waals surface area contributed by atoms with E-state index in [2.05, 4.69) is 4.98 Å². The van der Waals surface area contributed by atoms with E-state index < -0.39 is 10.0 Å². The summed E-state index contributed by atoms with van der Waals surface area (Å²) in [5.74, 6) is 0.0122. The van der Waals surface area contributed by atoms with Crippen LogP contribution in [-0.4, -0.2) is 59.9 Å². The van der Waals surface area contributed by atoms with Crippen molar-refractivity contribution in [3.05, 3.63) is 66.0 Å². The number of carbonyl (C=O) groups excluding carboxylic acids is 1. The molecule has 2 aromatic carbocycles. The van der Waals surface area contributed by atoms with Crippen LogP contribution in [0.1, 0.15) is 6.92 Å². The summed E-state index contributed by atoms with van der Waals surface area (Å²) in [6.07, 6.45) is 0. The molecule has 0 aliphatic carbocycles. The van der Waals surface area contributed by atoms with Crippen LogP contribution < -0.4 is 0 Å². The van der Waals surface area contributed by atoms with Crippen molar-refractivity contribution in [2.24, 2.45) is 0 Å². The Hall–Kier alpha value is -2.20. The van der Waals surface area contributed by atoms with Gasteiger partial charge in [-0.25, -0.2) is 13.4 Å². The van der Waals surface area contributed by atoms with Crippen molar-refractivity contribution in [1.82, 2.24) is 14.2 Å². The molecule has 6 nitrogen and oxygen atoms in total. The van der Waals surface area contributed by atoms with E-state index in [0.29, 0.717) is 26.2 Å². The van der Waals surface area contributed by atoms with Gasteiger partial charge in [0.25, 0.3) is 0 Å². The molecule has 1 aliphatic heterocycles. The molecule has 31 heavy (non-hydrogen) atoms. The second-order valence-corrected chi connectivity index (χ2v) is 11.6. The predicted molar refractivity (Wildman–Crippen MR) is 125 cm³/mol. The summed E-state index contributed by atoms with van der Waals surface area (Å²) < 4.78 is 27.8. The molecule has 162 valence electrons. The molecular weight excluding hydrogens is 450 g/mol. The molecule has 3 aromatic rings. The summed E-state index contributed by atoms with van der Waals surface area (Å²) in [6, 6.07) is 18.4. The van der Waals surface area contributed by atoms with Crippen molar-refractivity contribution in [3.63, 3.8) is 0 Å². The predicted octanol–water partition coefficient (Wildman–Crippen LogP) is 3.82. The number of nitrogens with zero attached hydrogens (tertiary/aromatic N) is 3. The minimum atomic E-state index is -3.52. The zero-order valence-electron chi connectivity index (χ0n) is 17.0. The Morgan fingerprint density at radius 1 is 1.00 bits per heavy atom. The van der Waals surface area contributed by atoms with Gasteiger partial charge in [-0.1, -0.05) is 60.3 Å². The normalized spacial score (nSPS) is 16.2. The SMILES string of the molecule is C[C@H](Sc1nc(-c2ccccc2)cs1)C(=O)N1CCN(S(=O)(=O)c2ccccc2)CC1. The van der Waals surface area contributed by atoms with E-state index in [1.54, 1.807) is 35.2 Å². The number of thiazole rings is 1. The molecule has 0 saturated carbocycles. The molecule has 0 spiro atoms. The molecule has 4 rings (SSSR count). The second-order valence-electron chi connectivity index (χ2n) is 7.17. The maximum atomic E-state index is 12.9. The number of hydrogen-bond acceptors (Lipinski definition) is 6. The van der Waals surface area contributed by atoms with Gasteiger partial charge < -0.3 is 4.90 Å². The standard InChI is InChI=1S/C22H23N3O3S3/c1-17(30-22-23-20(16-29-22)18-8-4-2-5-9-18)21(26)24-12-14-25(15-13-24)31(27,28)19-10-6-3-7-11-19/h2-11,16-17H,12-15H2,1H3/t17-/m0/s1. The Labute approximate surface area is 191 Å². The van der Waals surface area contributed by atoms with Gasteiger partial charge in [0.1, 0.15) is 0 Å².